The Morgan fingerprint density at radius 2 is 1.95 bits per heavy atom. The Labute approximate surface area is 116 Å². The molecule has 3 nitrogen and oxygen atoms in total. The summed E-state index contributed by atoms with van der Waals surface area (Å²) < 4.78 is 10.8. The molecule has 1 aromatic carbocycles. The zero-order valence-corrected chi connectivity index (χ0v) is 12.0. The number of hydrogen-bond acceptors (Lipinski definition) is 3. The standard InChI is InChI=1S/C16H25NO2/c1-18-12-11-13-7-3-4-8-14(13)17-15-9-5-6-10-16(15)19-2/h3-4,7-8,15-17H,5-6,9-12H2,1-2H3. The number of benzene rings is 1. The highest BCUT2D eigenvalue weighted by molar-refractivity contribution is 5.52. The number of para-hydroxylation sites is 1. The fraction of sp³-hybridized carbons (Fsp3) is 0.625. The second-order valence-electron chi connectivity index (χ2n) is 5.21. The monoisotopic (exact) mass is 263 g/mol. The van der Waals surface area contributed by atoms with Crippen molar-refractivity contribution in [2.24, 2.45) is 0 Å². The van der Waals surface area contributed by atoms with E-state index in [9.17, 15) is 0 Å². The quantitative estimate of drug-likeness (QED) is 0.854. The van der Waals surface area contributed by atoms with Crippen molar-refractivity contribution in [2.75, 3.05) is 26.1 Å². The van der Waals surface area contributed by atoms with Crippen molar-refractivity contribution >= 4 is 5.69 Å². The molecule has 1 aliphatic rings. The van der Waals surface area contributed by atoms with Gasteiger partial charge in [0.1, 0.15) is 0 Å². The van der Waals surface area contributed by atoms with Crippen LogP contribution in [0.4, 0.5) is 5.69 Å². The predicted octanol–water partition coefficient (Wildman–Crippen LogP) is 3.25. The van der Waals surface area contributed by atoms with Gasteiger partial charge in [-0.1, -0.05) is 31.0 Å². The van der Waals surface area contributed by atoms with Gasteiger partial charge in [-0.25, -0.2) is 0 Å². The number of ether oxygens (including phenoxy) is 2. The Kier molecular flexibility index (Phi) is 5.67. The van der Waals surface area contributed by atoms with Gasteiger partial charge in [0, 0.05) is 19.9 Å². The van der Waals surface area contributed by atoms with Gasteiger partial charge in [0.2, 0.25) is 0 Å². The average molecular weight is 263 g/mol. The summed E-state index contributed by atoms with van der Waals surface area (Å²) in [5.41, 5.74) is 2.55. The van der Waals surface area contributed by atoms with E-state index in [0.29, 0.717) is 12.1 Å². The molecule has 2 rings (SSSR count). The Balaban J connectivity index is 2.04. The van der Waals surface area contributed by atoms with E-state index in [1.807, 2.05) is 7.11 Å². The minimum absolute atomic E-state index is 0.337. The molecule has 0 aromatic heterocycles. The first kappa shape index (κ1) is 14.4. The van der Waals surface area contributed by atoms with E-state index in [0.717, 1.165) is 19.4 Å². The molecule has 2 atom stereocenters. The Morgan fingerprint density at radius 3 is 2.74 bits per heavy atom. The largest absolute Gasteiger partial charge is 0.384 e. The summed E-state index contributed by atoms with van der Waals surface area (Å²) in [5.74, 6) is 0. The summed E-state index contributed by atoms with van der Waals surface area (Å²) in [6.07, 6.45) is 6.21. The minimum atomic E-state index is 0.337. The number of hydrogen-bond donors (Lipinski definition) is 1. The fourth-order valence-electron chi connectivity index (χ4n) is 2.83. The second kappa shape index (κ2) is 7.51. The lowest BCUT2D eigenvalue weighted by Crippen LogP contribution is -2.38. The third-order valence-corrected chi connectivity index (χ3v) is 3.94. The van der Waals surface area contributed by atoms with Crippen LogP contribution in [-0.2, 0) is 15.9 Å². The van der Waals surface area contributed by atoms with E-state index in [1.54, 1.807) is 7.11 Å². The average Bonchev–Trinajstić information content (AvgIpc) is 2.47. The van der Waals surface area contributed by atoms with Gasteiger partial charge in [-0.3, -0.25) is 0 Å². The fourth-order valence-corrected chi connectivity index (χ4v) is 2.83. The third kappa shape index (κ3) is 3.95. The predicted molar refractivity (Wildman–Crippen MR) is 78.7 cm³/mol. The molecule has 1 fully saturated rings. The molecular formula is C16H25NO2. The van der Waals surface area contributed by atoms with Gasteiger partial charge >= 0.3 is 0 Å². The number of nitrogens with one attached hydrogen (secondary N) is 1. The van der Waals surface area contributed by atoms with Crippen LogP contribution in [0.5, 0.6) is 0 Å². The zero-order chi connectivity index (χ0) is 13.5. The molecule has 1 aliphatic carbocycles. The number of anilines is 1. The van der Waals surface area contributed by atoms with Crippen molar-refractivity contribution in [3.63, 3.8) is 0 Å². The molecule has 0 radical (unpaired) electrons. The summed E-state index contributed by atoms with van der Waals surface area (Å²) in [6.45, 7) is 0.761. The van der Waals surface area contributed by atoms with E-state index in [2.05, 4.69) is 29.6 Å². The van der Waals surface area contributed by atoms with Gasteiger partial charge in [0.15, 0.2) is 0 Å². The van der Waals surface area contributed by atoms with Gasteiger partial charge in [-0.15, -0.1) is 0 Å². The van der Waals surface area contributed by atoms with Crippen LogP contribution in [0.25, 0.3) is 0 Å². The summed E-state index contributed by atoms with van der Waals surface area (Å²) in [6, 6.07) is 8.94. The Bertz CT molecular complexity index is 381. The third-order valence-electron chi connectivity index (χ3n) is 3.94. The first-order valence-corrected chi connectivity index (χ1v) is 7.21. The highest BCUT2D eigenvalue weighted by Crippen LogP contribution is 2.26. The van der Waals surface area contributed by atoms with E-state index in [4.69, 9.17) is 9.47 Å². The van der Waals surface area contributed by atoms with Crippen LogP contribution in [-0.4, -0.2) is 33.0 Å². The lowest BCUT2D eigenvalue weighted by molar-refractivity contribution is 0.0606. The zero-order valence-electron chi connectivity index (χ0n) is 12.0. The maximum absolute atomic E-state index is 5.61. The molecule has 0 amide bonds. The minimum Gasteiger partial charge on any atom is -0.384 e. The van der Waals surface area contributed by atoms with Crippen molar-refractivity contribution in [2.45, 2.75) is 44.2 Å². The van der Waals surface area contributed by atoms with Crippen LogP contribution in [0.1, 0.15) is 31.2 Å². The van der Waals surface area contributed by atoms with Crippen molar-refractivity contribution in [3.8, 4) is 0 Å². The van der Waals surface area contributed by atoms with Gasteiger partial charge < -0.3 is 14.8 Å². The summed E-state index contributed by atoms with van der Waals surface area (Å²) in [4.78, 5) is 0. The molecule has 1 N–H and O–H groups in total. The van der Waals surface area contributed by atoms with E-state index in [-0.39, 0.29) is 0 Å². The number of rotatable bonds is 6. The SMILES string of the molecule is COCCc1ccccc1NC1CCCCC1OC. The maximum atomic E-state index is 5.61. The van der Waals surface area contributed by atoms with Crippen LogP contribution in [0.15, 0.2) is 24.3 Å². The van der Waals surface area contributed by atoms with E-state index >= 15 is 0 Å². The lowest BCUT2D eigenvalue weighted by atomic mass is 9.92. The molecule has 106 valence electrons. The highest BCUT2D eigenvalue weighted by Gasteiger charge is 2.25. The Morgan fingerprint density at radius 1 is 1.16 bits per heavy atom. The number of methoxy groups -OCH3 is 2. The van der Waals surface area contributed by atoms with E-state index in [1.165, 1.54) is 30.5 Å². The van der Waals surface area contributed by atoms with Crippen LogP contribution in [0.3, 0.4) is 0 Å². The van der Waals surface area contributed by atoms with Crippen molar-refractivity contribution < 1.29 is 9.47 Å². The van der Waals surface area contributed by atoms with E-state index < -0.39 is 0 Å². The first-order chi connectivity index (χ1) is 9.35. The first-order valence-electron chi connectivity index (χ1n) is 7.21. The summed E-state index contributed by atoms with van der Waals surface area (Å²) >= 11 is 0. The van der Waals surface area contributed by atoms with Gasteiger partial charge in [-0.2, -0.15) is 0 Å². The molecule has 0 heterocycles. The molecule has 0 bridgehead atoms. The molecule has 19 heavy (non-hydrogen) atoms. The highest BCUT2D eigenvalue weighted by atomic mass is 16.5. The molecular weight excluding hydrogens is 238 g/mol. The van der Waals surface area contributed by atoms with Crippen LogP contribution in [0.2, 0.25) is 0 Å². The van der Waals surface area contributed by atoms with Crippen LogP contribution < -0.4 is 5.32 Å². The van der Waals surface area contributed by atoms with Crippen molar-refractivity contribution in [1.29, 1.82) is 0 Å². The smallest absolute Gasteiger partial charge is 0.0772 e. The molecule has 0 spiro atoms. The van der Waals surface area contributed by atoms with Crippen LogP contribution >= 0.6 is 0 Å². The molecule has 1 aromatic rings. The molecule has 3 heteroatoms. The lowest BCUT2D eigenvalue weighted by Gasteiger charge is -2.32. The second-order valence-corrected chi connectivity index (χ2v) is 5.21. The normalized spacial score (nSPS) is 23.3. The topological polar surface area (TPSA) is 30.5 Å². The van der Waals surface area contributed by atoms with Crippen molar-refractivity contribution in [3.05, 3.63) is 29.8 Å². The maximum Gasteiger partial charge on any atom is 0.0772 e. The molecule has 0 aliphatic heterocycles. The molecule has 1 saturated carbocycles. The van der Waals surface area contributed by atoms with Gasteiger partial charge in [0.05, 0.1) is 18.8 Å². The summed E-state index contributed by atoms with van der Waals surface area (Å²) in [5, 5.41) is 3.68. The van der Waals surface area contributed by atoms with Crippen molar-refractivity contribution in [1.82, 2.24) is 0 Å². The summed E-state index contributed by atoms with van der Waals surface area (Å²) in [7, 11) is 3.57. The van der Waals surface area contributed by atoms with Gasteiger partial charge in [0.25, 0.3) is 0 Å². The molecule has 2 unspecified atom stereocenters. The van der Waals surface area contributed by atoms with Gasteiger partial charge in [-0.05, 0) is 30.9 Å². The van der Waals surface area contributed by atoms with Crippen LogP contribution in [0, 0.1) is 0 Å². The Hall–Kier alpha value is -1.06. The molecule has 0 saturated heterocycles.